The lowest BCUT2D eigenvalue weighted by Crippen LogP contribution is -2.56. The molecule has 26 heavy (non-hydrogen) atoms. The van der Waals surface area contributed by atoms with Crippen molar-refractivity contribution in [1.82, 2.24) is 4.98 Å². The van der Waals surface area contributed by atoms with Gasteiger partial charge >= 0.3 is 5.92 Å². The predicted molar refractivity (Wildman–Crippen MR) is 95.3 cm³/mol. The van der Waals surface area contributed by atoms with Crippen LogP contribution in [0.4, 0.5) is 18.9 Å². The van der Waals surface area contributed by atoms with Crippen LogP contribution in [0.1, 0.15) is 20.8 Å². The number of anilines is 1. The Morgan fingerprint density at radius 2 is 1.92 bits per heavy atom. The van der Waals surface area contributed by atoms with Crippen LogP contribution in [0.3, 0.4) is 0 Å². The van der Waals surface area contributed by atoms with Crippen LogP contribution in [0, 0.1) is 5.82 Å². The van der Waals surface area contributed by atoms with E-state index in [9.17, 15) is 13.2 Å². The Hall–Kier alpha value is -2.28. The lowest BCUT2D eigenvalue weighted by molar-refractivity contribution is -0.174. The van der Waals surface area contributed by atoms with Crippen molar-refractivity contribution in [3.63, 3.8) is 0 Å². The number of amidine groups is 1. The molecule has 8 heteroatoms. The van der Waals surface area contributed by atoms with E-state index in [2.05, 4.69) is 15.3 Å². The molecule has 2 heterocycles. The molecular formula is C18H17ClF3N3O. The average molecular weight is 384 g/mol. The van der Waals surface area contributed by atoms with Crippen LogP contribution >= 0.6 is 11.6 Å². The smallest absolute Gasteiger partial charge is 0.308 e. The minimum absolute atomic E-state index is 0.0474. The molecule has 1 N–H and O–H groups in total. The van der Waals surface area contributed by atoms with Crippen LogP contribution in [0.15, 0.2) is 41.5 Å². The monoisotopic (exact) mass is 383 g/mol. The van der Waals surface area contributed by atoms with Crippen molar-refractivity contribution in [1.29, 1.82) is 0 Å². The Balaban J connectivity index is 1.91. The van der Waals surface area contributed by atoms with E-state index < -0.39 is 23.4 Å². The molecule has 3 rings (SSSR count). The SMILES string of the molecule is C[C@H]1N=C(Nc2cc(-c3ccc(Cl)cn3)ccc2F)OC(C)(C)C1(F)F. The Bertz CT molecular complexity index is 853. The molecule has 1 atom stereocenters. The van der Waals surface area contributed by atoms with Crippen LogP contribution < -0.4 is 5.32 Å². The van der Waals surface area contributed by atoms with Gasteiger partial charge in [0.1, 0.15) is 11.9 Å². The molecule has 0 aliphatic carbocycles. The third kappa shape index (κ3) is 3.35. The van der Waals surface area contributed by atoms with E-state index in [4.69, 9.17) is 16.3 Å². The summed E-state index contributed by atoms with van der Waals surface area (Å²) in [6.07, 6.45) is 1.48. The zero-order chi connectivity index (χ0) is 19.1. The molecule has 1 aromatic carbocycles. The highest BCUT2D eigenvalue weighted by Gasteiger charge is 2.56. The molecule has 4 nitrogen and oxygen atoms in total. The van der Waals surface area contributed by atoms with Gasteiger partial charge in [0.25, 0.3) is 6.02 Å². The highest BCUT2D eigenvalue weighted by molar-refractivity contribution is 6.30. The van der Waals surface area contributed by atoms with E-state index in [1.807, 2.05) is 0 Å². The third-order valence-electron chi connectivity index (χ3n) is 4.22. The number of alkyl halides is 2. The van der Waals surface area contributed by atoms with E-state index in [1.54, 1.807) is 18.2 Å². The van der Waals surface area contributed by atoms with Crippen LogP contribution in [0.5, 0.6) is 0 Å². The molecule has 0 saturated carbocycles. The molecular weight excluding hydrogens is 367 g/mol. The molecule has 0 saturated heterocycles. The van der Waals surface area contributed by atoms with Crippen LogP contribution in [0.25, 0.3) is 11.3 Å². The van der Waals surface area contributed by atoms with Gasteiger partial charge in [-0.1, -0.05) is 11.6 Å². The fourth-order valence-electron chi connectivity index (χ4n) is 2.60. The first-order valence-electron chi connectivity index (χ1n) is 7.93. The number of nitrogens with zero attached hydrogens (tertiary/aromatic N) is 2. The maximum absolute atomic E-state index is 14.2. The first kappa shape index (κ1) is 18.5. The lowest BCUT2D eigenvalue weighted by atomic mass is 9.93. The zero-order valence-corrected chi connectivity index (χ0v) is 15.1. The molecule has 1 aliphatic rings. The van der Waals surface area contributed by atoms with Crippen molar-refractivity contribution in [2.24, 2.45) is 4.99 Å². The van der Waals surface area contributed by atoms with E-state index in [0.29, 0.717) is 16.3 Å². The van der Waals surface area contributed by atoms with Crippen molar-refractivity contribution in [3.8, 4) is 11.3 Å². The molecule has 1 aliphatic heterocycles. The minimum Gasteiger partial charge on any atom is -0.453 e. The maximum atomic E-state index is 14.2. The molecule has 0 radical (unpaired) electrons. The molecule has 138 valence electrons. The average Bonchev–Trinajstić information content (AvgIpc) is 2.56. The fraction of sp³-hybridized carbons (Fsp3) is 0.333. The van der Waals surface area contributed by atoms with E-state index >= 15 is 0 Å². The highest BCUT2D eigenvalue weighted by Crippen LogP contribution is 2.39. The number of benzene rings is 1. The second-order valence-electron chi connectivity index (χ2n) is 6.53. The van der Waals surface area contributed by atoms with Gasteiger partial charge in [-0.15, -0.1) is 0 Å². The van der Waals surface area contributed by atoms with E-state index in [1.165, 1.54) is 39.1 Å². The first-order valence-corrected chi connectivity index (χ1v) is 8.31. The second-order valence-corrected chi connectivity index (χ2v) is 6.96. The van der Waals surface area contributed by atoms with Crippen molar-refractivity contribution < 1.29 is 17.9 Å². The number of aliphatic imine (C=N–C) groups is 1. The number of ether oxygens (including phenoxy) is 1. The van der Waals surface area contributed by atoms with Crippen molar-refractivity contribution in [2.45, 2.75) is 38.3 Å². The number of rotatable bonds is 2. The molecule has 0 spiro atoms. The van der Waals surface area contributed by atoms with Gasteiger partial charge in [-0.2, -0.15) is 8.78 Å². The summed E-state index contributed by atoms with van der Waals surface area (Å²) in [5, 5.41) is 3.14. The minimum atomic E-state index is -3.15. The van der Waals surface area contributed by atoms with Crippen LogP contribution in [0.2, 0.25) is 5.02 Å². The highest BCUT2D eigenvalue weighted by atomic mass is 35.5. The molecule has 1 aromatic heterocycles. The Labute approximate surface area is 154 Å². The Kier molecular flexibility index (Phi) is 4.60. The summed E-state index contributed by atoms with van der Waals surface area (Å²) in [7, 11) is 0. The summed E-state index contributed by atoms with van der Waals surface area (Å²) >= 11 is 5.82. The van der Waals surface area contributed by atoms with E-state index in [0.717, 1.165) is 0 Å². The molecule has 0 unspecified atom stereocenters. The standard InChI is InChI=1S/C18H17ClF3N3O/c1-10-18(21,22)17(2,3)26-16(24-10)25-15-8-11(4-6-13(15)20)14-7-5-12(19)9-23-14/h4-10H,1-3H3,(H,24,25)/t10-/m1/s1. The molecule has 0 bridgehead atoms. The predicted octanol–water partition coefficient (Wildman–Crippen LogP) is 5.14. The van der Waals surface area contributed by atoms with Gasteiger partial charge in [-0.3, -0.25) is 4.98 Å². The fourth-order valence-corrected chi connectivity index (χ4v) is 2.71. The summed E-state index contributed by atoms with van der Waals surface area (Å²) in [4.78, 5) is 7.99. The Morgan fingerprint density at radius 3 is 2.54 bits per heavy atom. The number of nitrogens with one attached hydrogen (secondary N) is 1. The van der Waals surface area contributed by atoms with Gasteiger partial charge < -0.3 is 10.1 Å². The summed E-state index contributed by atoms with van der Waals surface area (Å²) < 4.78 is 47.7. The van der Waals surface area contributed by atoms with Crippen LogP contribution in [-0.2, 0) is 4.74 Å². The van der Waals surface area contributed by atoms with Crippen molar-refractivity contribution in [3.05, 3.63) is 47.4 Å². The molecule has 0 fully saturated rings. The van der Waals surface area contributed by atoms with Gasteiger partial charge in [0.05, 0.1) is 16.4 Å². The molecule has 0 amide bonds. The Morgan fingerprint density at radius 1 is 1.19 bits per heavy atom. The summed E-state index contributed by atoms with van der Waals surface area (Å²) in [5.74, 6) is -3.72. The van der Waals surface area contributed by atoms with Crippen LogP contribution in [-0.4, -0.2) is 28.6 Å². The largest absolute Gasteiger partial charge is 0.453 e. The summed E-state index contributed by atoms with van der Waals surface area (Å²) in [5.41, 5.74) is -0.516. The van der Waals surface area contributed by atoms with Gasteiger partial charge in [0, 0.05) is 11.8 Å². The number of halogens is 4. The third-order valence-corrected chi connectivity index (χ3v) is 4.44. The number of hydrogen-bond acceptors (Lipinski definition) is 4. The lowest BCUT2D eigenvalue weighted by Gasteiger charge is -2.40. The van der Waals surface area contributed by atoms with Crippen molar-refractivity contribution in [2.75, 3.05) is 5.32 Å². The second kappa shape index (κ2) is 6.46. The van der Waals surface area contributed by atoms with Gasteiger partial charge in [0.2, 0.25) is 0 Å². The zero-order valence-electron chi connectivity index (χ0n) is 14.4. The van der Waals surface area contributed by atoms with Gasteiger partial charge in [0.15, 0.2) is 5.60 Å². The van der Waals surface area contributed by atoms with Crippen molar-refractivity contribution >= 4 is 23.3 Å². The quantitative estimate of drug-likeness (QED) is 0.780. The topological polar surface area (TPSA) is 46.5 Å². The summed E-state index contributed by atoms with van der Waals surface area (Å²) in [6, 6.07) is 6.20. The number of aromatic nitrogens is 1. The first-order chi connectivity index (χ1) is 12.1. The van der Waals surface area contributed by atoms with E-state index in [-0.39, 0.29) is 11.7 Å². The maximum Gasteiger partial charge on any atom is 0.308 e. The number of pyridine rings is 1. The summed E-state index contributed by atoms with van der Waals surface area (Å²) in [6.45, 7) is 3.82. The number of hydrogen-bond donors (Lipinski definition) is 1. The normalized spacial score (nSPS) is 20.9. The van der Waals surface area contributed by atoms with Gasteiger partial charge in [-0.05, 0) is 51.1 Å². The molecule has 2 aromatic rings. The van der Waals surface area contributed by atoms with Gasteiger partial charge in [-0.25, -0.2) is 9.38 Å².